The topological polar surface area (TPSA) is 55.1 Å². The Hall–Kier alpha value is -0.870. The summed E-state index contributed by atoms with van der Waals surface area (Å²) in [5.41, 5.74) is 7.68. The van der Waals surface area contributed by atoms with Crippen LogP contribution in [-0.2, 0) is 0 Å². The van der Waals surface area contributed by atoms with Crippen molar-refractivity contribution >= 4 is 35.0 Å². The Kier molecular flexibility index (Phi) is 3.30. The van der Waals surface area contributed by atoms with Crippen molar-refractivity contribution in [2.45, 2.75) is 13.0 Å². The summed E-state index contributed by atoms with van der Waals surface area (Å²) < 4.78 is 0. The van der Waals surface area contributed by atoms with Crippen molar-refractivity contribution in [1.82, 2.24) is 5.32 Å². The number of carbonyl (C=O) groups excluding carboxylic acids is 1. The third-order valence-corrected chi connectivity index (χ3v) is 4.06. The quantitative estimate of drug-likeness (QED) is 0.797. The standard InChI is InChI=1S/C11H13ClN2OS/c1-6-2-7(12)3-9(10(6)13)11(15)14-8-4-16-5-8/h2-3,8H,4-5,13H2,1H3,(H,14,15). The van der Waals surface area contributed by atoms with Crippen molar-refractivity contribution in [3.05, 3.63) is 28.3 Å². The summed E-state index contributed by atoms with van der Waals surface area (Å²) in [6.07, 6.45) is 0. The minimum absolute atomic E-state index is 0.131. The molecule has 1 amide bonds. The predicted molar refractivity (Wildman–Crippen MR) is 69.2 cm³/mol. The zero-order valence-electron chi connectivity index (χ0n) is 8.92. The summed E-state index contributed by atoms with van der Waals surface area (Å²) in [4.78, 5) is 11.9. The summed E-state index contributed by atoms with van der Waals surface area (Å²) in [6, 6.07) is 3.65. The molecule has 0 aromatic heterocycles. The van der Waals surface area contributed by atoms with E-state index in [0.29, 0.717) is 16.3 Å². The highest BCUT2D eigenvalue weighted by Gasteiger charge is 2.22. The number of nitrogen functional groups attached to an aromatic ring is 1. The number of thioether (sulfide) groups is 1. The molecule has 2 rings (SSSR count). The van der Waals surface area contributed by atoms with E-state index in [4.69, 9.17) is 17.3 Å². The molecule has 3 nitrogen and oxygen atoms in total. The minimum Gasteiger partial charge on any atom is -0.398 e. The highest BCUT2D eigenvalue weighted by molar-refractivity contribution is 8.00. The van der Waals surface area contributed by atoms with Gasteiger partial charge in [0.25, 0.3) is 5.91 Å². The van der Waals surface area contributed by atoms with Crippen LogP contribution in [0, 0.1) is 6.92 Å². The number of amides is 1. The van der Waals surface area contributed by atoms with Gasteiger partial charge in [0.15, 0.2) is 0 Å². The van der Waals surface area contributed by atoms with E-state index in [1.165, 1.54) is 0 Å². The number of carbonyl (C=O) groups is 1. The highest BCUT2D eigenvalue weighted by Crippen LogP contribution is 2.24. The van der Waals surface area contributed by atoms with Crippen LogP contribution in [0.4, 0.5) is 5.69 Å². The van der Waals surface area contributed by atoms with Crippen LogP contribution in [0.15, 0.2) is 12.1 Å². The lowest BCUT2D eigenvalue weighted by Gasteiger charge is -2.26. The van der Waals surface area contributed by atoms with Crippen molar-refractivity contribution < 1.29 is 4.79 Å². The molecule has 1 aromatic carbocycles. The van der Waals surface area contributed by atoms with Crippen LogP contribution in [-0.4, -0.2) is 23.5 Å². The summed E-state index contributed by atoms with van der Waals surface area (Å²) in [7, 11) is 0. The molecule has 1 fully saturated rings. The molecule has 5 heteroatoms. The van der Waals surface area contributed by atoms with Gasteiger partial charge in [0.05, 0.1) is 5.56 Å². The number of hydrogen-bond acceptors (Lipinski definition) is 3. The molecule has 0 spiro atoms. The van der Waals surface area contributed by atoms with Gasteiger partial charge >= 0.3 is 0 Å². The first-order valence-corrected chi connectivity index (χ1v) is 6.55. The van der Waals surface area contributed by atoms with Gasteiger partial charge < -0.3 is 11.1 Å². The Morgan fingerprint density at radius 1 is 1.56 bits per heavy atom. The maximum atomic E-state index is 11.9. The molecule has 0 saturated carbocycles. The first kappa shape index (κ1) is 11.6. The maximum absolute atomic E-state index is 11.9. The zero-order chi connectivity index (χ0) is 11.7. The van der Waals surface area contributed by atoms with Gasteiger partial charge in [-0.15, -0.1) is 0 Å². The molecule has 0 unspecified atom stereocenters. The Morgan fingerprint density at radius 3 is 2.81 bits per heavy atom. The molecule has 0 atom stereocenters. The molecule has 1 aliphatic rings. The smallest absolute Gasteiger partial charge is 0.253 e. The van der Waals surface area contributed by atoms with Gasteiger partial charge in [-0.2, -0.15) is 11.8 Å². The van der Waals surface area contributed by atoms with Crippen molar-refractivity contribution in [3.8, 4) is 0 Å². The van der Waals surface area contributed by atoms with Crippen molar-refractivity contribution in [2.75, 3.05) is 17.2 Å². The molecule has 3 N–H and O–H groups in total. The summed E-state index contributed by atoms with van der Waals surface area (Å²) in [6.45, 7) is 1.84. The lowest BCUT2D eigenvalue weighted by molar-refractivity contribution is 0.0943. The first-order valence-electron chi connectivity index (χ1n) is 5.02. The Labute approximate surface area is 104 Å². The van der Waals surface area contributed by atoms with E-state index in [2.05, 4.69) is 5.32 Å². The highest BCUT2D eigenvalue weighted by atomic mass is 35.5. The second kappa shape index (κ2) is 4.55. The molecular formula is C11H13ClN2OS. The molecule has 86 valence electrons. The van der Waals surface area contributed by atoms with Crippen molar-refractivity contribution in [1.29, 1.82) is 0 Å². The van der Waals surface area contributed by atoms with Gasteiger partial charge in [-0.25, -0.2) is 0 Å². The van der Waals surface area contributed by atoms with E-state index in [0.717, 1.165) is 17.1 Å². The average molecular weight is 257 g/mol. The Morgan fingerprint density at radius 2 is 2.25 bits per heavy atom. The van der Waals surface area contributed by atoms with Crippen LogP contribution in [0.2, 0.25) is 5.02 Å². The number of nitrogens with one attached hydrogen (secondary N) is 1. The number of rotatable bonds is 2. The van der Waals surface area contributed by atoms with E-state index in [9.17, 15) is 4.79 Å². The zero-order valence-corrected chi connectivity index (χ0v) is 10.5. The molecule has 1 aromatic rings. The Bertz CT molecular complexity index is 432. The lowest BCUT2D eigenvalue weighted by atomic mass is 10.1. The van der Waals surface area contributed by atoms with Gasteiger partial charge in [0.1, 0.15) is 0 Å². The number of aryl methyl sites for hydroxylation is 1. The first-order chi connectivity index (χ1) is 7.58. The maximum Gasteiger partial charge on any atom is 0.253 e. The molecule has 0 aliphatic carbocycles. The molecule has 16 heavy (non-hydrogen) atoms. The molecular weight excluding hydrogens is 244 g/mol. The normalized spacial score (nSPS) is 15.6. The largest absolute Gasteiger partial charge is 0.398 e. The van der Waals surface area contributed by atoms with Crippen molar-refractivity contribution in [2.24, 2.45) is 0 Å². The Balaban J connectivity index is 2.21. The monoisotopic (exact) mass is 256 g/mol. The van der Waals surface area contributed by atoms with Gasteiger partial charge in [0, 0.05) is 28.3 Å². The number of nitrogens with two attached hydrogens (primary N) is 1. The second-order valence-corrected chi connectivity index (χ2v) is 5.40. The van der Waals surface area contributed by atoms with Gasteiger partial charge in [-0.05, 0) is 24.6 Å². The van der Waals surface area contributed by atoms with E-state index in [1.807, 2.05) is 18.7 Å². The lowest BCUT2D eigenvalue weighted by Crippen LogP contribution is -2.44. The number of anilines is 1. The van der Waals surface area contributed by atoms with Crippen LogP contribution in [0.1, 0.15) is 15.9 Å². The molecule has 0 radical (unpaired) electrons. The van der Waals surface area contributed by atoms with Crippen LogP contribution in [0.5, 0.6) is 0 Å². The molecule has 1 saturated heterocycles. The van der Waals surface area contributed by atoms with Crippen molar-refractivity contribution in [3.63, 3.8) is 0 Å². The van der Waals surface area contributed by atoms with Gasteiger partial charge in [0.2, 0.25) is 0 Å². The third kappa shape index (κ3) is 2.28. The van der Waals surface area contributed by atoms with Crippen LogP contribution in [0.25, 0.3) is 0 Å². The SMILES string of the molecule is Cc1cc(Cl)cc(C(=O)NC2CSC2)c1N. The predicted octanol–water partition coefficient (Wildman–Crippen LogP) is 2.08. The van der Waals surface area contributed by atoms with Crippen LogP contribution < -0.4 is 11.1 Å². The third-order valence-electron chi connectivity index (χ3n) is 2.57. The fourth-order valence-corrected chi connectivity index (χ4v) is 2.44. The van der Waals surface area contributed by atoms with Gasteiger partial charge in [-0.3, -0.25) is 4.79 Å². The molecule has 0 bridgehead atoms. The molecule has 1 aliphatic heterocycles. The minimum atomic E-state index is -0.131. The van der Waals surface area contributed by atoms with E-state index >= 15 is 0 Å². The number of benzene rings is 1. The van der Waals surface area contributed by atoms with E-state index in [-0.39, 0.29) is 11.9 Å². The fraction of sp³-hybridized carbons (Fsp3) is 0.364. The second-order valence-electron chi connectivity index (χ2n) is 3.89. The summed E-state index contributed by atoms with van der Waals surface area (Å²) in [5.74, 6) is 1.82. The van der Waals surface area contributed by atoms with Gasteiger partial charge in [-0.1, -0.05) is 11.6 Å². The number of halogens is 1. The number of hydrogen-bond donors (Lipinski definition) is 2. The van der Waals surface area contributed by atoms with Crippen LogP contribution in [0.3, 0.4) is 0 Å². The summed E-state index contributed by atoms with van der Waals surface area (Å²) in [5, 5.41) is 3.47. The molecule has 1 heterocycles. The average Bonchev–Trinajstić information content (AvgIpc) is 2.17. The summed E-state index contributed by atoms with van der Waals surface area (Å²) >= 11 is 7.73. The van der Waals surface area contributed by atoms with E-state index in [1.54, 1.807) is 12.1 Å². The van der Waals surface area contributed by atoms with Crippen LogP contribution >= 0.6 is 23.4 Å². The van der Waals surface area contributed by atoms with E-state index < -0.39 is 0 Å². The fourth-order valence-electron chi connectivity index (χ4n) is 1.52.